The van der Waals surface area contributed by atoms with Gasteiger partial charge in [-0.2, -0.15) is 5.10 Å². The largest absolute Gasteiger partial charge is 0.399 e. The van der Waals surface area contributed by atoms with E-state index < -0.39 is 0 Å². The molecular weight excluding hydrogens is 222 g/mol. The van der Waals surface area contributed by atoms with Crippen molar-refractivity contribution in [3.8, 4) is 0 Å². The van der Waals surface area contributed by atoms with Gasteiger partial charge in [0, 0.05) is 17.6 Å². The normalized spacial score (nSPS) is 10.9. The predicted molar refractivity (Wildman–Crippen MR) is 74.3 cm³/mol. The van der Waals surface area contributed by atoms with Gasteiger partial charge >= 0.3 is 0 Å². The van der Waals surface area contributed by atoms with Gasteiger partial charge in [-0.1, -0.05) is 36.4 Å². The number of aromatic nitrogens is 2. The first kappa shape index (κ1) is 10.8. The zero-order valence-corrected chi connectivity index (χ0v) is 10.1. The van der Waals surface area contributed by atoms with Crippen molar-refractivity contribution >= 4 is 16.6 Å². The highest BCUT2D eigenvalue weighted by Crippen LogP contribution is 2.15. The van der Waals surface area contributed by atoms with Gasteiger partial charge in [-0.05, 0) is 24.1 Å². The Morgan fingerprint density at radius 1 is 1.00 bits per heavy atom. The fraction of sp³-hybridized carbons (Fsp3) is 0.133. The van der Waals surface area contributed by atoms with Crippen LogP contribution >= 0.6 is 0 Å². The van der Waals surface area contributed by atoms with Gasteiger partial charge in [0.1, 0.15) is 0 Å². The molecule has 3 nitrogen and oxygen atoms in total. The Hall–Kier alpha value is -2.29. The van der Waals surface area contributed by atoms with Crippen LogP contribution in [0.15, 0.2) is 54.7 Å². The van der Waals surface area contributed by atoms with Gasteiger partial charge in [0.05, 0.1) is 11.7 Å². The molecule has 1 aromatic heterocycles. The van der Waals surface area contributed by atoms with Crippen LogP contribution < -0.4 is 5.73 Å². The SMILES string of the molecule is Nc1ccccc1CCn1ncc2ccccc21. The Morgan fingerprint density at radius 2 is 1.78 bits per heavy atom. The summed E-state index contributed by atoms with van der Waals surface area (Å²) < 4.78 is 2.03. The Balaban J connectivity index is 1.83. The molecule has 0 saturated carbocycles. The summed E-state index contributed by atoms with van der Waals surface area (Å²) in [6, 6.07) is 16.2. The van der Waals surface area contributed by atoms with Gasteiger partial charge < -0.3 is 5.73 Å². The van der Waals surface area contributed by atoms with Crippen LogP contribution in [0.2, 0.25) is 0 Å². The molecule has 0 radical (unpaired) electrons. The molecule has 0 aliphatic carbocycles. The maximum atomic E-state index is 5.94. The summed E-state index contributed by atoms with van der Waals surface area (Å²) in [5.74, 6) is 0. The molecule has 1 heterocycles. The Labute approximate surface area is 106 Å². The molecular formula is C15H15N3. The molecule has 18 heavy (non-hydrogen) atoms. The standard InChI is InChI=1S/C15H15N3/c16-14-7-3-1-5-12(14)9-10-18-15-8-4-2-6-13(15)11-17-18/h1-8,11H,9-10,16H2. The first-order valence-electron chi connectivity index (χ1n) is 6.08. The van der Waals surface area contributed by atoms with Crippen molar-refractivity contribution in [2.45, 2.75) is 13.0 Å². The second kappa shape index (κ2) is 4.53. The first-order valence-corrected chi connectivity index (χ1v) is 6.08. The molecule has 0 atom stereocenters. The van der Waals surface area contributed by atoms with Crippen molar-refractivity contribution in [2.75, 3.05) is 5.73 Å². The van der Waals surface area contributed by atoms with E-state index in [2.05, 4.69) is 23.3 Å². The lowest BCUT2D eigenvalue weighted by Gasteiger charge is -2.06. The summed E-state index contributed by atoms with van der Waals surface area (Å²) in [6.45, 7) is 0.849. The molecule has 3 aromatic rings. The van der Waals surface area contributed by atoms with Crippen LogP contribution in [0.25, 0.3) is 10.9 Å². The van der Waals surface area contributed by atoms with E-state index in [1.807, 2.05) is 41.2 Å². The molecule has 0 saturated heterocycles. The van der Waals surface area contributed by atoms with Crippen molar-refractivity contribution in [2.24, 2.45) is 0 Å². The summed E-state index contributed by atoms with van der Waals surface area (Å²) in [5.41, 5.74) is 9.15. The highest BCUT2D eigenvalue weighted by molar-refractivity contribution is 5.78. The first-order chi connectivity index (χ1) is 8.84. The number of fused-ring (bicyclic) bond motifs is 1. The molecule has 3 heteroatoms. The number of para-hydroxylation sites is 2. The molecule has 0 aliphatic rings. The van der Waals surface area contributed by atoms with Gasteiger partial charge in [0.2, 0.25) is 0 Å². The molecule has 0 fully saturated rings. The maximum absolute atomic E-state index is 5.94. The molecule has 0 unspecified atom stereocenters. The van der Waals surface area contributed by atoms with E-state index in [4.69, 9.17) is 5.73 Å². The highest BCUT2D eigenvalue weighted by Gasteiger charge is 2.03. The summed E-state index contributed by atoms with van der Waals surface area (Å²) in [6.07, 6.45) is 2.81. The zero-order valence-electron chi connectivity index (χ0n) is 10.1. The lowest BCUT2D eigenvalue weighted by molar-refractivity contribution is 0.636. The summed E-state index contributed by atoms with van der Waals surface area (Å²) in [7, 11) is 0. The minimum atomic E-state index is 0.849. The average Bonchev–Trinajstić information content (AvgIpc) is 2.81. The Morgan fingerprint density at radius 3 is 2.67 bits per heavy atom. The summed E-state index contributed by atoms with van der Waals surface area (Å²) in [4.78, 5) is 0. The second-order valence-electron chi connectivity index (χ2n) is 4.38. The molecule has 0 bridgehead atoms. The van der Waals surface area contributed by atoms with Gasteiger partial charge in [0.15, 0.2) is 0 Å². The fourth-order valence-corrected chi connectivity index (χ4v) is 2.19. The van der Waals surface area contributed by atoms with Crippen molar-refractivity contribution in [1.82, 2.24) is 9.78 Å². The van der Waals surface area contributed by atoms with E-state index in [0.717, 1.165) is 18.7 Å². The number of rotatable bonds is 3. The number of nitrogens with zero attached hydrogens (tertiary/aromatic N) is 2. The van der Waals surface area contributed by atoms with E-state index in [0.29, 0.717) is 0 Å². The van der Waals surface area contributed by atoms with E-state index in [1.165, 1.54) is 16.5 Å². The number of hydrogen-bond donors (Lipinski definition) is 1. The van der Waals surface area contributed by atoms with Gasteiger partial charge in [-0.3, -0.25) is 4.68 Å². The Bertz CT molecular complexity index is 670. The average molecular weight is 237 g/mol. The predicted octanol–water partition coefficient (Wildman–Crippen LogP) is 2.86. The quantitative estimate of drug-likeness (QED) is 0.712. The second-order valence-corrected chi connectivity index (χ2v) is 4.38. The van der Waals surface area contributed by atoms with Crippen LogP contribution in [0.4, 0.5) is 5.69 Å². The van der Waals surface area contributed by atoms with Crippen molar-refractivity contribution in [1.29, 1.82) is 0 Å². The number of anilines is 1. The van der Waals surface area contributed by atoms with Gasteiger partial charge in [-0.15, -0.1) is 0 Å². The van der Waals surface area contributed by atoms with Gasteiger partial charge in [-0.25, -0.2) is 0 Å². The van der Waals surface area contributed by atoms with Crippen LogP contribution in [0.1, 0.15) is 5.56 Å². The van der Waals surface area contributed by atoms with Gasteiger partial charge in [0.25, 0.3) is 0 Å². The fourth-order valence-electron chi connectivity index (χ4n) is 2.19. The van der Waals surface area contributed by atoms with Crippen molar-refractivity contribution in [3.63, 3.8) is 0 Å². The minimum absolute atomic E-state index is 0.849. The van der Waals surface area contributed by atoms with Crippen LogP contribution in [0.5, 0.6) is 0 Å². The molecule has 3 rings (SSSR count). The third-order valence-corrected chi connectivity index (χ3v) is 3.20. The number of nitrogen functional groups attached to an aromatic ring is 1. The van der Waals surface area contributed by atoms with E-state index in [-0.39, 0.29) is 0 Å². The zero-order chi connectivity index (χ0) is 12.4. The Kier molecular flexibility index (Phi) is 2.73. The number of hydrogen-bond acceptors (Lipinski definition) is 2. The lowest BCUT2D eigenvalue weighted by atomic mass is 10.1. The maximum Gasteiger partial charge on any atom is 0.0682 e. The van der Waals surface area contributed by atoms with Crippen LogP contribution in [-0.4, -0.2) is 9.78 Å². The minimum Gasteiger partial charge on any atom is -0.399 e. The smallest absolute Gasteiger partial charge is 0.0682 e. The van der Waals surface area contributed by atoms with E-state index >= 15 is 0 Å². The van der Waals surface area contributed by atoms with Crippen LogP contribution in [-0.2, 0) is 13.0 Å². The molecule has 0 spiro atoms. The third-order valence-electron chi connectivity index (χ3n) is 3.20. The topological polar surface area (TPSA) is 43.8 Å². The third kappa shape index (κ3) is 1.95. The summed E-state index contributed by atoms with van der Waals surface area (Å²) in [5, 5.41) is 5.60. The van der Waals surface area contributed by atoms with E-state index in [1.54, 1.807) is 0 Å². The number of nitrogens with two attached hydrogens (primary N) is 1. The number of aryl methyl sites for hydroxylation is 2. The van der Waals surface area contributed by atoms with E-state index in [9.17, 15) is 0 Å². The number of benzene rings is 2. The molecule has 0 aliphatic heterocycles. The highest BCUT2D eigenvalue weighted by atomic mass is 15.3. The molecule has 90 valence electrons. The molecule has 0 amide bonds. The van der Waals surface area contributed by atoms with Crippen LogP contribution in [0, 0.1) is 0 Å². The van der Waals surface area contributed by atoms with Crippen LogP contribution in [0.3, 0.4) is 0 Å². The monoisotopic (exact) mass is 237 g/mol. The summed E-state index contributed by atoms with van der Waals surface area (Å²) >= 11 is 0. The molecule has 2 N–H and O–H groups in total. The molecule has 2 aromatic carbocycles. The van der Waals surface area contributed by atoms with Crippen molar-refractivity contribution < 1.29 is 0 Å². The van der Waals surface area contributed by atoms with Crippen molar-refractivity contribution in [3.05, 3.63) is 60.3 Å². The lowest BCUT2D eigenvalue weighted by Crippen LogP contribution is -2.04.